The molecule has 0 rings (SSSR count). The van der Waals surface area contributed by atoms with Crippen molar-refractivity contribution in [2.45, 2.75) is 13.3 Å². The SMILES string of the molecule is C=CC=C=CC(C)CCO. The Balaban J connectivity index is 3.64. The van der Waals surface area contributed by atoms with Crippen LogP contribution in [0.1, 0.15) is 13.3 Å². The van der Waals surface area contributed by atoms with Crippen molar-refractivity contribution >= 4 is 0 Å². The molecule has 0 radical (unpaired) electrons. The number of aliphatic hydroxyl groups excluding tert-OH is 1. The van der Waals surface area contributed by atoms with Crippen LogP contribution in [0.5, 0.6) is 0 Å². The molecule has 10 heavy (non-hydrogen) atoms. The molecule has 56 valence electrons. The van der Waals surface area contributed by atoms with E-state index in [2.05, 4.69) is 12.3 Å². The molecular formula is C9H14O. The second kappa shape index (κ2) is 6.34. The Morgan fingerprint density at radius 3 is 2.90 bits per heavy atom. The molecule has 1 nitrogen and oxygen atoms in total. The quantitative estimate of drug-likeness (QED) is 0.464. The van der Waals surface area contributed by atoms with Crippen molar-refractivity contribution in [1.82, 2.24) is 0 Å². The molecule has 1 unspecified atom stereocenters. The minimum Gasteiger partial charge on any atom is -0.396 e. The van der Waals surface area contributed by atoms with Gasteiger partial charge in [-0.05, 0) is 24.5 Å². The molecule has 1 heteroatoms. The van der Waals surface area contributed by atoms with Gasteiger partial charge in [-0.25, -0.2) is 0 Å². The van der Waals surface area contributed by atoms with Crippen molar-refractivity contribution in [2.75, 3.05) is 6.61 Å². The lowest BCUT2D eigenvalue weighted by Gasteiger charge is -1.97. The standard InChI is InChI=1S/C9H14O/c1-3-4-5-6-9(2)7-8-10/h3-4,6,9-10H,1,7-8H2,2H3. The molecule has 0 heterocycles. The molecule has 1 N–H and O–H groups in total. The third kappa shape index (κ3) is 5.36. The molecule has 0 fully saturated rings. The second-order valence-electron chi connectivity index (χ2n) is 2.23. The molecular weight excluding hydrogens is 124 g/mol. The van der Waals surface area contributed by atoms with Gasteiger partial charge in [-0.1, -0.05) is 19.6 Å². The van der Waals surface area contributed by atoms with Gasteiger partial charge in [0, 0.05) is 6.61 Å². The zero-order valence-electron chi connectivity index (χ0n) is 6.38. The molecule has 0 aliphatic rings. The van der Waals surface area contributed by atoms with Crippen LogP contribution < -0.4 is 0 Å². The Morgan fingerprint density at radius 2 is 2.40 bits per heavy atom. The first-order valence-electron chi connectivity index (χ1n) is 3.45. The first-order chi connectivity index (χ1) is 4.81. The van der Waals surface area contributed by atoms with Gasteiger partial charge in [0.2, 0.25) is 0 Å². The van der Waals surface area contributed by atoms with Gasteiger partial charge in [0.1, 0.15) is 0 Å². The Hall–Kier alpha value is -0.780. The zero-order chi connectivity index (χ0) is 7.82. The molecule has 0 aromatic heterocycles. The van der Waals surface area contributed by atoms with Gasteiger partial charge in [-0.2, -0.15) is 0 Å². The Morgan fingerprint density at radius 1 is 1.70 bits per heavy atom. The topological polar surface area (TPSA) is 20.2 Å². The van der Waals surface area contributed by atoms with Crippen molar-refractivity contribution in [3.05, 3.63) is 30.5 Å². The van der Waals surface area contributed by atoms with Crippen molar-refractivity contribution in [1.29, 1.82) is 0 Å². The third-order valence-electron chi connectivity index (χ3n) is 1.18. The summed E-state index contributed by atoms with van der Waals surface area (Å²) in [5.41, 5.74) is 2.94. The van der Waals surface area contributed by atoms with Gasteiger partial charge < -0.3 is 5.11 Å². The van der Waals surface area contributed by atoms with E-state index in [9.17, 15) is 0 Å². The van der Waals surface area contributed by atoms with Crippen molar-refractivity contribution in [3.8, 4) is 0 Å². The third-order valence-corrected chi connectivity index (χ3v) is 1.18. The molecule has 0 aliphatic carbocycles. The van der Waals surface area contributed by atoms with Gasteiger partial charge in [-0.15, -0.1) is 5.73 Å². The van der Waals surface area contributed by atoms with Gasteiger partial charge >= 0.3 is 0 Å². The number of allylic oxidation sites excluding steroid dienone is 2. The molecule has 0 aliphatic heterocycles. The van der Waals surface area contributed by atoms with Crippen molar-refractivity contribution < 1.29 is 5.11 Å². The summed E-state index contributed by atoms with van der Waals surface area (Å²) in [6, 6.07) is 0. The molecule has 0 saturated carbocycles. The van der Waals surface area contributed by atoms with Gasteiger partial charge in [0.05, 0.1) is 0 Å². The first-order valence-corrected chi connectivity index (χ1v) is 3.45. The fourth-order valence-electron chi connectivity index (χ4n) is 0.575. The van der Waals surface area contributed by atoms with Gasteiger partial charge in [0.15, 0.2) is 0 Å². The fourth-order valence-corrected chi connectivity index (χ4v) is 0.575. The molecule has 0 saturated heterocycles. The van der Waals surface area contributed by atoms with E-state index in [0.717, 1.165) is 6.42 Å². The van der Waals surface area contributed by atoms with Crippen LogP contribution in [0, 0.1) is 5.92 Å². The zero-order valence-corrected chi connectivity index (χ0v) is 6.38. The van der Waals surface area contributed by atoms with Crippen LogP contribution in [-0.4, -0.2) is 11.7 Å². The second-order valence-corrected chi connectivity index (χ2v) is 2.23. The van der Waals surface area contributed by atoms with Crippen LogP contribution in [-0.2, 0) is 0 Å². The van der Waals surface area contributed by atoms with Crippen molar-refractivity contribution in [2.24, 2.45) is 5.92 Å². The van der Waals surface area contributed by atoms with Crippen LogP contribution in [0.15, 0.2) is 30.5 Å². The predicted molar refractivity (Wildman–Crippen MR) is 43.7 cm³/mol. The number of rotatable bonds is 4. The average molecular weight is 138 g/mol. The highest BCUT2D eigenvalue weighted by atomic mass is 16.2. The molecule has 0 aromatic carbocycles. The predicted octanol–water partition coefficient (Wildman–Crippen LogP) is 1.90. The summed E-state index contributed by atoms with van der Waals surface area (Å²) in [5, 5.41) is 8.52. The van der Waals surface area contributed by atoms with Gasteiger partial charge in [0.25, 0.3) is 0 Å². The summed E-state index contributed by atoms with van der Waals surface area (Å²) in [4.78, 5) is 0. The van der Waals surface area contributed by atoms with Crippen LogP contribution in [0.4, 0.5) is 0 Å². The molecule has 0 amide bonds. The minimum absolute atomic E-state index is 0.243. The average Bonchev–Trinajstić information content (AvgIpc) is 1.89. The largest absolute Gasteiger partial charge is 0.396 e. The molecule has 0 spiro atoms. The van der Waals surface area contributed by atoms with Crippen LogP contribution >= 0.6 is 0 Å². The van der Waals surface area contributed by atoms with Crippen molar-refractivity contribution in [3.63, 3.8) is 0 Å². The summed E-state index contributed by atoms with van der Waals surface area (Å²) < 4.78 is 0. The number of hydrogen-bond acceptors (Lipinski definition) is 1. The van der Waals surface area contributed by atoms with E-state index in [4.69, 9.17) is 5.11 Å². The maximum absolute atomic E-state index is 8.52. The summed E-state index contributed by atoms with van der Waals surface area (Å²) >= 11 is 0. The van der Waals surface area contributed by atoms with E-state index < -0.39 is 0 Å². The highest BCUT2D eigenvalue weighted by Gasteiger charge is 1.91. The lowest BCUT2D eigenvalue weighted by Crippen LogP contribution is -1.92. The van der Waals surface area contributed by atoms with E-state index in [1.807, 2.05) is 13.0 Å². The Kier molecular flexibility index (Phi) is 5.85. The van der Waals surface area contributed by atoms with E-state index >= 15 is 0 Å². The summed E-state index contributed by atoms with van der Waals surface area (Å²) in [5.74, 6) is 0.404. The van der Waals surface area contributed by atoms with Gasteiger partial charge in [-0.3, -0.25) is 0 Å². The van der Waals surface area contributed by atoms with Crippen LogP contribution in [0.3, 0.4) is 0 Å². The fraction of sp³-hybridized carbons (Fsp3) is 0.444. The van der Waals surface area contributed by atoms with E-state index in [1.165, 1.54) is 0 Å². The summed E-state index contributed by atoms with van der Waals surface area (Å²) in [6.45, 7) is 5.80. The molecule has 0 aromatic rings. The minimum atomic E-state index is 0.243. The highest BCUT2D eigenvalue weighted by Crippen LogP contribution is 2.00. The summed E-state index contributed by atoms with van der Waals surface area (Å²) in [6.07, 6.45) is 6.17. The number of aliphatic hydroxyl groups is 1. The molecule has 0 bridgehead atoms. The van der Waals surface area contributed by atoms with Crippen LogP contribution in [0.25, 0.3) is 0 Å². The molecule has 1 atom stereocenters. The number of hydrogen-bond donors (Lipinski definition) is 1. The normalized spacial score (nSPS) is 11.4. The van der Waals surface area contributed by atoms with E-state index in [1.54, 1.807) is 12.2 Å². The smallest absolute Gasteiger partial charge is 0.0436 e. The van der Waals surface area contributed by atoms with E-state index in [-0.39, 0.29) is 6.61 Å². The maximum atomic E-state index is 8.52. The maximum Gasteiger partial charge on any atom is 0.0436 e. The monoisotopic (exact) mass is 138 g/mol. The lowest BCUT2D eigenvalue weighted by atomic mass is 10.1. The lowest BCUT2D eigenvalue weighted by molar-refractivity contribution is 0.274. The Labute approximate surface area is 62.4 Å². The van der Waals surface area contributed by atoms with E-state index in [0.29, 0.717) is 5.92 Å². The van der Waals surface area contributed by atoms with Crippen LogP contribution in [0.2, 0.25) is 0 Å². The first kappa shape index (κ1) is 9.22. The summed E-state index contributed by atoms with van der Waals surface area (Å²) in [7, 11) is 0. The highest BCUT2D eigenvalue weighted by molar-refractivity contribution is 4.98. The Bertz CT molecular complexity index is 141.